The highest BCUT2D eigenvalue weighted by molar-refractivity contribution is 6.31. The molecule has 6 heteroatoms. The zero-order valence-electron chi connectivity index (χ0n) is 9.72. The number of hydrogen-bond acceptors (Lipinski definition) is 4. The maximum Gasteiger partial charge on any atom is 0.0954 e. The zero-order valence-corrected chi connectivity index (χ0v) is 10.5. The molecule has 0 aromatic carbocycles. The summed E-state index contributed by atoms with van der Waals surface area (Å²) in [6.07, 6.45) is 4.86. The second kappa shape index (κ2) is 4.91. The lowest BCUT2D eigenvalue weighted by Crippen LogP contribution is -2.31. The van der Waals surface area contributed by atoms with Crippen LogP contribution >= 0.6 is 11.6 Å². The molecule has 0 spiro atoms. The molecule has 0 fully saturated rings. The lowest BCUT2D eigenvalue weighted by atomic mass is 10.1. The van der Waals surface area contributed by atoms with E-state index in [-0.39, 0.29) is 12.1 Å². The van der Waals surface area contributed by atoms with E-state index in [2.05, 4.69) is 10.5 Å². The molecular formula is C11H15ClN4O. The Hall–Kier alpha value is -1.30. The highest BCUT2D eigenvalue weighted by Crippen LogP contribution is 2.29. The molecule has 17 heavy (non-hydrogen) atoms. The fourth-order valence-corrected chi connectivity index (χ4v) is 2.04. The minimum atomic E-state index is -0.230. The SMILES string of the molecule is CC(C)n1ncc(Cl)c1C(NN)c1ccoc1. The van der Waals surface area contributed by atoms with Gasteiger partial charge in [-0.15, -0.1) is 0 Å². The third-order valence-electron chi connectivity index (χ3n) is 2.59. The van der Waals surface area contributed by atoms with Gasteiger partial charge in [0.15, 0.2) is 0 Å². The van der Waals surface area contributed by atoms with Crippen LogP contribution in [0, 0.1) is 0 Å². The Balaban J connectivity index is 2.47. The van der Waals surface area contributed by atoms with Crippen molar-refractivity contribution >= 4 is 11.6 Å². The minimum absolute atomic E-state index is 0.209. The van der Waals surface area contributed by atoms with Crippen LogP contribution in [0.15, 0.2) is 29.2 Å². The third kappa shape index (κ3) is 2.22. The number of nitrogens with two attached hydrogens (primary N) is 1. The number of nitrogens with zero attached hydrogens (tertiary/aromatic N) is 2. The molecule has 0 saturated heterocycles. The number of aromatic nitrogens is 2. The van der Waals surface area contributed by atoms with Crippen LogP contribution < -0.4 is 11.3 Å². The maximum atomic E-state index is 6.17. The Labute approximate surface area is 105 Å². The number of hydrogen-bond donors (Lipinski definition) is 2. The Morgan fingerprint density at radius 1 is 1.53 bits per heavy atom. The maximum absolute atomic E-state index is 6.17. The van der Waals surface area contributed by atoms with Gasteiger partial charge in [-0.05, 0) is 19.9 Å². The van der Waals surface area contributed by atoms with Gasteiger partial charge >= 0.3 is 0 Å². The van der Waals surface area contributed by atoms with Crippen LogP contribution in [0.5, 0.6) is 0 Å². The van der Waals surface area contributed by atoms with Gasteiger partial charge in [0.05, 0.1) is 35.5 Å². The van der Waals surface area contributed by atoms with E-state index in [1.165, 1.54) is 0 Å². The molecule has 2 aromatic rings. The molecule has 0 aliphatic carbocycles. The summed E-state index contributed by atoms with van der Waals surface area (Å²) in [6, 6.07) is 1.82. The normalized spacial score (nSPS) is 13.2. The van der Waals surface area contributed by atoms with Crippen molar-refractivity contribution in [1.82, 2.24) is 15.2 Å². The van der Waals surface area contributed by atoms with Gasteiger partial charge in [0.25, 0.3) is 0 Å². The van der Waals surface area contributed by atoms with Crippen LogP contribution in [-0.2, 0) is 0 Å². The summed E-state index contributed by atoms with van der Waals surface area (Å²) in [5.74, 6) is 5.60. The first-order chi connectivity index (χ1) is 8.15. The molecule has 0 radical (unpaired) electrons. The largest absolute Gasteiger partial charge is 0.472 e. The van der Waals surface area contributed by atoms with Crippen molar-refractivity contribution in [3.05, 3.63) is 41.1 Å². The van der Waals surface area contributed by atoms with E-state index >= 15 is 0 Å². The second-order valence-electron chi connectivity index (χ2n) is 4.07. The molecule has 5 nitrogen and oxygen atoms in total. The highest BCUT2D eigenvalue weighted by atomic mass is 35.5. The van der Waals surface area contributed by atoms with Crippen LogP contribution in [0.2, 0.25) is 5.02 Å². The average Bonchev–Trinajstić information content (AvgIpc) is 2.91. The molecular weight excluding hydrogens is 240 g/mol. The molecule has 0 aliphatic heterocycles. The number of halogens is 1. The van der Waals surface area contributed by atoms with Crippen molar-refractivity contribution in [2.24, 2.45) is 5.84 Å². The van der Waals surface area contributed by atoms with E-state index < -0.39 is 0 Å². The monoisotopic (exact) mass is 254 g/mol. The smallest absolute Gasteiger partial charge is 0.0954 e. The summed E-state index contributed by atoms with van der Waals surface area (Å²) < 4.78 is 6.91. The summed E-state index contributed by atoms with van der Waals surface area (Å²) in [6.45, 7) is 4.07. The van der Waals surface area contributed by atoms with E-state index in [1.54, 1.807) is 18.7 Å². The topological polar surface area (TPSA) is 69.0 Å². The van der Waals surface area contributed by atoms with Gasteiger partial charge in [0.2, 0.25) is 0 Å². The van der Waals surface area contributed by atoms with Crippen LogP contribution in [0.3, 0.4) is 0 Å². The predicted octanol–water partition coefficient (Wildman–Crippen LogP) is 2.26. The van der Waals surface area contributed by atoms with Crippen LogP contribution in [-0.4, -0.2) is 9.78 Å². The number of hydrazine groups is 1. The van der Waals surface area contributed by atoms with E-state index in [1.807, 2.05) is 24.6 Å². The van der Waals surface area contributed by atoms with Gasteiger partial charge in [0.1, 0.15) is 0 Å². The van der Waals surface area contributed by atoms with Crippen LogP contribution in [0.4, 0.5) is 0 Å². The summed E-state index contributed by atoms with van der Waals surface area (Å²) in [5, 5.41) is 4.84. The summed E-state index contributed by atoms with van der Waals surface area (Å²) in [5.41, 5.74) is 4.49. The van der Waals surface area contributed by atoms with E-state index in [9.17, 15) is 0 Å². The van der Waals surface area contributed by atoms with Crippen LogP contribution in [0.1, 0.15) is 37.2 Å². The van der Waals surface area contributed by atoms with Gasteiger partial charge in [-0.1, -0.05) is 11.6 Å². The van der Waals surface area contributed by atoms with Gasteiger partial charge in [-0.25, -0.2) is 5.43 Å². The van der Waals surface area contributed by atoms with Gasteiger partial charge in [-0.2, -0.15) is 5.10 Å². The molecule has 0 amide bonds. The Kier molecular flexibility index (Phi) is 3.51. The Morgan fingerprint density at radius 3 is 2.82 bits per heavy atom. The predicted molar refractivity (Wildman–Crippen MR) is 65.5 cm³/mol. The van der Waals surface area contributed by atoms with Crippen molar-refractivity contribution in [2.75, 3.05) is 0 Å². The first-order valence-corrected chi connectivity index (χ1v) is 5.74. The molecule has 2 aromatic heterocycles. The summed E-state index contributed by atoms with van der Waals surface area (Å²) in [7, 11) is 0. The van der Waals surface area contributed by atoms with Crippen molar-refractivity contribution < 1.29 is 4.42 Å². The molecule has 0 saturated carbocycles. The first kappa shape index (κ1) is 12.2. The number of nitrogens with one attached hydrogen (secondary N) is 1. The first-order valence-electron chi connectivity index (χ1n) is 5.36. The fourth-order valence-electron chi connectivity index (χ4n) is 1.80. The average molecular weight is 255 g/mol. The van der Waals surface area contributed by atoms with E-state index in [4.69, 9.17) is 21.9 Å². The lowest BCUT2D eigenvalue weighted by molar-refractivity contribution is 0.473. The van der Waals surface area contributed by atoms with E-state index in [0.29, 0.717) is 5.02 Å². The highest BCUT2D eigenvalue weighted by Gasteiger charge is 2.23. The third-order valence-corrected chi connectivity index (χ3v) is 2.88. The number of rotatable bonds is 4. The molecule has 2 rings (SSSR count). The molecule has 92 valence electrons. The molecule has 1 unspecified atom stereocenters. The van der Waals surface area contributed by atoms with Gasteiger partial charge < -0.3 is 4.42 Å². The minimum Gasteiger partial charge on any atom is -0.472 e. The van der Waals surface area contributed by atoms with Crippen molar-refractivity contribution in [2.45, 2.75) is 25.9 Å². The zero-order chi connectivity index (χ0) is 12.4. The fraction of sp³-hybridized carbons (Fsp3) is 0.364. The lowest BCUT2D eigenvalue weighted by Gasteiger charge is -2.19. The molecule has 3 N–H and O–H groups in total. The van der Waals surface area contributed by atoms with Crippen molar-refractivity contribution in [3.8, 4) is 0 Å². The standard InChI is InChI=1S/C11H15ClN4O/c1-7(2)16-11(9(12)5-14-16)10(15-13)8-3-4-17-6-8/h3-7,10,15H,13H2,1-2H3. The molecule has 1 atom stereocenters. The molecule has 0 bridgehead atoms. The van der Waals surface area contributed by atoms with Gasteiger partial charge in [0, 0.05) is 11.6 Å². The molecule has 0 aliphatic rings. The number of furan rings is 1. The van der Waals surface area contributed by atoms with Gasteiger partial charge in [-0.3, -0.25) is 10.5 Å². The molecule has 2 heterocycles. The Morgan fingerprint density at radius 2 is 2.29 bits per heavy atom. The van der Waals surface area contributed by atoms with E-state index in [0.717, 1.165) is 11.3 Å². The second-order valence-corrected chi connectivity index (χ2v) is 4.48. The summed E-state index contributed by atoms with van der Waals surface area (Å²) in [4.78, 5) is 0. The van der Waals surface area contributed by atoms with Crippen molar-refractivity contribution in [1.29, 1.82) is 0 Å². The summed E-state index contributed by atoms with van der Waals surface area (Å²) >= 11 is 6.17. The quantitative estimate of drug-likeness (QED) is 0.649. The van der Waals surface area contributed by atoms with Crippen molar-refractivity contribution in [3.63, 3.8) is 0 Å². The Bertz CT molecular complexity index is 478. The van der Waals surface area contributed by atoms with Crippen LogP contribution in [0.25, 0.3) is 0 Å².